The number of thiol groups is 1. The second-order valence-electron chi connectivity index (χ2n) is 10.7. The van der Waals surface area contributed by atoms with Crippen LogP contribution in [0, 0.1) is 13.8 Å². The zero-order valence-corrected chi connectivity index (χ0v) is 24.0. The van der Waals surface area contributed by atoms with Crippen molar-refractivity contribution in [2.45, 2.75) is 18.7 Å². The standard InChI is InChI=1S/C38H26B2S/c1-22-33(23(2)37(40)38(41)36(22)39)35-30-18-10-8-16-28(30)34(29-17-9-11-19-31(29)35)32-21-20-25(24-12-4-3-5-13-24)26-14-6-7-15-27(26)32/h3-21,41H,1-2H3. The summed E-state index contributed by atoms with van der Waals surface area (Å²) in [5.74, 6) is 0. The fourth-order valence-corrected chi connectivity index (χ4v) is 6.84. The van der Waals surface area contributed by atoms with Crippen molar-refractivity contribution in [1.82, 2.24) is 0 Å². The molecule has 0 amide bonds. The summed E-state index contributed by atoms with van der Waals surface area (Å²) in [5.41, 5.74) is 10.4. The van der Waals surface area contributed by atoms with E-state index >= 15 is 0 Å². The van der Waals surface area contributed by atoms with Crippen molar-refractivity contribution in [3.8, 4) is 33.4 Å². The van der Waals surface area contributed by atoms with Gasteiger partial charge in [0.15, 0.2) is 0 Å². The zero-order chi connectivity index (χ0) is 28.2. The molecular formula is C38H26B2S. The van der Waals surface area contributed by atoms with Gasteiger partial charge >= 0.3 is 0 Å². The first-order valence-corrected chi connectivity index (χ1v) is 14.3. The molecule has 0 saturated carbocycles. The zero-order valence-electron chi connectivity index (χ0n) is 23.1. The molecule has 0 unspecified atom stereocenters. The Hall–Kier alpha value is -4.20. The third kappa shape index (κ3) is 3.95. The van der Waals surface area contributed by atoms with Crippen molar-refractivity contribution < 1.29 is 0 Å². The maximum atomic E-state index is 6.57. The Balaban J connectivity index is 1.64. The monoisotopic (exact) mass is 536 g/mol. The molecule has 41 heavy (non-hydrogen) atoms. The molecule has 7 aromatic carbocycles. The summed E-state index contributed by atoms with van der Waals surface area (Å²) in [7, 11) is 13.1. The fraction of sp³-hybridized carbons (Fsp3) is 0.0526. The Morgan fingerprint density at radius 1 is 0.415 bits per heavy atom. The number of hydrogen-bond donors (Lipinski definition) is 1. The van der Waals surface area contributed by atoms with E-state index in [-0.39, 0.29) is 0 Å². The first kappa shape index (κ1) is 25.7. The lowest BCUT2D eigenvalue weighted by Gasteiger charge is -2.24. The summed E-state index contributed by atoms with van der Waals surface area (Å²) >= 11 is 4.64. The molecule has 0 aliphatic rings. The van der Waals surface area contributed by atoms with Crippen LogP contribution in [-0.2, 0) is 0 Å². The summed E-state index contributed by atoms with van der Waals surface area (Å²) in [6.07, 6.45) is 0. The number of fused-ring (bicyclic) bond motifs is 3. The summed E-state index contributed by atoms with van der Waals surface area (Å²) in [6, 6.07) is 41.3. The van der Waals surface area contributed by atoms with Crippen molar-refractivity contribution in [2.75, 3.05) is 0 Å². The topological polar surface area (TPSA) is 0 Å². The van der Waals surface area contributed by atoms with Crippen molar-refractivity contribution >= 4 is 71.6 Å². The molecule has 0 fully saturated rings. The van der Waals surface area contributed by atoms with Crippen molar-refractivity contribution in [3.05, 3.63) is 126 Å². The summed E-state index contributed by atoms with van der Waals surface area (Å²) in [5, 5.41) is 7.22. The van der Waals surface area contributed by atoms with Crippen LogP contribution in [0.15, 0.2) is 120 Å². The van der Waals surface area contributed by atoms with Crippen LogP contribution in [0.25, 0.3) is 65.7 Å². The van der Waals surface area contributed by atoms with Gasteiger partial charge in [-0.3, -0.25) is 0 Å². The van der Waals surface area contributed by atoms with E-state index in [4.69, 9.17) is 15.7 Å². The van der Waals surface area contributed by atoms with Crippen LogP contribution in [0.1, 0.15) is 11.1 Å². The normalized spacial score (nSPS) is 11.5. The Bertz CT molecular complexity index is 2060. The third-order valence-corrected chi connectivity index (χ3v) is 9.01. The van der Waals surface area contributed by atoms with E-state index in [2.05, 4.69) is 142 Å². The Morgan fingerprint density at radius 2 is 0.805 bits per heavy atom. The molecule has 7 aromatic rings. The molecule has 0 spiro atoms. The van der Waals surface area contributed by atoms with Gasteiger partial charge in [0.25, 0.3) is 0 Å². The molecule has 0 N–H and O–H groups in total. The quantitative estimate of drug-likeness (QED) is 0.131. The summed E-state index contributed by atoms with van der Waals surface area (Å²) in [6.45, 7) is 4.15. The first-order chi connectivity index (χ1) is 20.0. The van der Waals surface area contributed by atoms with Crippen LogP contribution in [0.3, 0.4) is 0 Å². The number of hydrogen-bond acceptors (Lipinski definition) is 1. The molecule has 0 aliphatic carbocycles. The molecule has 3 heteroatoms. The Labute approximate surface area is 249 Å². The van der Waals surface area contributed by atoms with E-state index in [1.54, 1.807) is 0 Å². The minimum atomic E-state index is 0.631. The highest BCUT2D eigenvalue weighted by molar-refractivity contribution is 7.80. The Morgan fingerprint density at radius 3 is 1.32 bits per heavy atom. The molecule has 0 saturated heterocycles. The highest BCUT2D eigenvalue weighted by Gasteiger charge is 2.22. The molecule has 4 radical (unpaired) electrons. The minimum absolute atomic E-state index is 0.631. The van der Waals surface area contributed by atoms with Gasteiger partial charge in [0.05, 0.1) is 0 Å². The average molecular weight is 536 g/mol. The smallest absolute Gasteiger partial charge is 0.115 e. The van der Waals surface area contributed by atoms with Gasteiger partial charge in [-0.05, 0) is 95.6 Å². The molecule has 0 aromatic heterocycles. The minimum Gasteiger partial charge on any atom is -0.145 e. The van der Waals surface area contributed by atoms with Gasteiger partial charge in [-0.1, -0.05) is 126 Å². The maximum absolute atomic E-state index is 6.57. The lowest BCUT2D eigenvalue weighted by atomic mass is 9.74. The second kappa shape index (κ2) is 10.0. The second-order valence-corrected chi connectivity index (χ2v) is 11.2. The predicted octanol–water partition coefficient (Wildman–Crippen LogP) is 8.64. The van der Waals surface area contributed by atoms with E-state index in [9.17, 15) is 0 Å². The summed E-state index contributed by atoms with van der Waals surface area (Å²) < 4.78 is 0. The van der Waals surface area contributed by atoms with Gasteiger partial charge in [0.1, 0.15) is 15.7 Å². The lowest BCUT2D eigenvalue weighted by molar-refractivity contribution is 1.38. The van der Waals surface area contributed by atoms with Gasteiger partial charge < -0.3 is 0 Å². The molecule has 0 aliphatic heterocycles. The largest absolute Gasteiger partial charge is 0.145 e. The first-order valence-electron chi connectivity index (χ1n) is 13.9. The van der Waals surface area contributed by atoms with Crippen LogP contribution in [0.4, 0.5) is 0 Å². The SMILES string of the molecule is [B]c1c(C)c(-c2c3ccccc3c(-c3ccc(-c4ccccc4)c4ccccc34)c3ccccc23)c(C)c([B])c1S. The Kier molecular flexibility index (Phi) is 6.29. The van der Waals surface area contributed by atoms with Crippen molar-refractivity contribution in [3.63, 3.8) is 0 Å². The third-order valence-electron chi connectivity index (χ3n) is 8.53. The average Bonchev–Trinajstić information content (AvgIpc) is 3.02. The van der Waals surface area contributed by atoms with Crippen LogP contribution < -0.4 is 10.9 Å². The highest BCUT2D eigenvalue weighted by Crippen LogP contribution is 2.47. The van der Waals surface area contributed by atoms with E-state index in [0.717, 1.165) is 22.3 Å². The number of rotatable bonds is 3. The van der Waals surface area contributed by atoms with Crippen LogP contribution in [0.5, 0.6) is 0 Å². The highest BCUT2D eigenvalue weighted by atomic mass is 32.1. The van der Waals surface area contributed by atoms with E-state index in [0.29, 0.717) is 15.8 Å². The van der Waals surface area contributed by atoms with E-state index in [1.165, 1.54) is 54.6 Å². The molecule has 190 valence electrons. The molecular weight excluding hydrogens is 510 g/mol. The van der Waals surface area contributed by atoms with Crippen LogP contribution >= 0.6 is 12.6 Å². The van der Waals surface area contributed by atoms with Crippen molar-refractivity contribution in [2.24, 2.45) is 0 Å². The van der Waals surface area contributed by atoms with E-state index < -0.39 is 0 Å². The van der Waals surface area contributed by atoms with Crippen molar-refractivity contribution in [1.29, 1.82) is 0 Å². The summed E-state index contributed by atoms with van der Waals surface area (Å²) in [4.78, 5) is 0.652. The van der Waals surface area contributed by atoms with Crippen LogP contribution in [-0.4, -0.2) is 15.7 Å². The van der Waals surface area contributed by atoms with E-state index in [1.807, 2.05) is 0 Å². The van der Waals surface area contributed by atoms with Gasteiger partial charge in [-0.2, -0.15) is 0 Å². The predicted molar refractivity (Wildman–Crippen MR) is 183 cm³/mol. The van der Waals surface area contributed by atoms with Crippen LogP contribution in [0.2, 0.25) is 0 Å². The number of benzene rings is 7. The molecule has 7 rings (SSSR count). The fourth-order valence-electron chi connectivity index (χ4n) is 6.50. The van der Waals surface area contributed by atoms with Gasteiger partial charge in [-0.25, -0.2) is 0 Å². The molecule has 0 atom stereocenters. The van der Waals surface area contributed by atoms with Gasteiger partial charge in [0, 0.05) is 0 Å². The lowest BCUT2D eigenvalue weighted by Crippen LogP contribution is -2.24. The van der Waals surface area contributed by atoms with Gasteiger partial charge in [-0.15, -0.1) is 12.6 Å². The molecule has 0 bridgehead atoms. The molecule has 0 heterocycles. The molecule has 0 nitrogen and oxygen atoms in total. The maximum Gasteiger partial charge on any atom is 0.115 e. The van der Waals surface area contributed by atoms with Gasteiger partial charge in [0.2, 0.25) is 0 Å².